The van der Waals surface area contributed by atoms with Crippen LogP contribution in [0.4, 0.5) is 4.39 Å². The second-order valence-electron chi connectivity index (χ2n) is 6.22. The van der Waals surface area contributed by atoms with Crippen molar-refractivity contribution in [3.05, 3.63) is 53.7 Å². The van der Waals surface area contributed by atoms with Crippen molar-refractivity contribution in [2.75, 3.05) is 0 Å². The van der Waals surface area contributed by atoms with E-state index in [0.29, 0.717) is 30.3 Å². The van der Waals surface area contributed by atoms with Gasteiger partial charge in [0.15, 0.2) is 6.29 Å². The molecule has 2 N–H and O–H groups in total. The quantitative estimate of drug-likeness (QED) is 0.647. The van der Waals surface area contributed by atoms with Crippen LogP contribution >= 0.6 is 0 Å². The number of carbonyl (C=O) groups is 1. The maximum Gasteiger partial charge on any atom is 0.150 e. The van der Waals surface area contributed by atoms with E-state index in [1.165, 1.54) is 18.6 Å². The Morgan fingerprint density at radius 2 is 2.28 bits per heavy atom. The zero-order chi connectivity index (χ0) is 17.8. The standard InChI is InChI=1S/C19H21FN4O/c1-13(23-17-3-2-4-17)15(10-21)11-24-8-7-22-19(24)18-6-5-16(20)9-14(18)12-25/h5-10,12,17H,2-4,11,21H2,1H3. The summed E-state index contributed by atoms with van der Waals surface area (Å²) in [7, 11) is 0. The zero-order valence-corrected chi connectivity index (χ0v) is 14.2. The van der Waals surface area contributed by atoms with E-state index in [4.69, 9.17) is 10.7 Å². The molecule has 1 aromatic heterocycles. The first-order valence-electron chi connectivity index (χ1n) is 8.34. The molecule has 130 valence electrons. The molecule has 0 saturated heterocycles. The number of allylic oxidation sites excluding steroid dienone is 1. The number of aldehydes is 1. The SMILES string of the molecule is CC(=NC1CCC1)C(=CN)Cn1ccnc1-c1ccc(F)cc1C=O. The number of hydrogen-bond donors (Lipinski definition) is 1. The largest absolute Gasteiger partial charge is 0.404 e. The van der Waals surface area contributed by atoms with E-state index in [2.05, 4.69) is 4.98 Å². The Labute approximate surface area is 146 Å². The summed E-state index contributed by atoms with van der Waals surface area (Å²) < 4.78 is 15.3. The Morgan fingerprint density at radius 1 is 1.48 bits per heavy atom. The van der Waals surface area contributed by atoms with E-state index in [-0.39, 0.29) is 5.56 Å². The first kappa shape index (κ1) is 17.1. The Kier molecular flexibility index (Phi) is 5.07. The van der Waals surface area contributed by atoms with Crippen LogP contribution in [-0.2, 0) is 6.54 Å². The van der Waals surface area contributed by atoms with Crippen LogP contribution in [0.15, 0.2) is 47.4 Å². The monoisotopic (exact) mass is 340 g/mol. The Hall–Kier alpha value is -2.76. The lowest BCUT2D eigenvalue weighted by Crippen LogP contribution is -2.19. The number of aromatic nitrogens is 2. The van der Waals surface area contributed by atoms with Crippen LogP contribution < -0.4 is 5.73 Å². The third-order valence-corrected chi connectivity index (χ3v) is 4.55. The molecule has 0 unspecified atom stereocenters. The van der Waals surface area contributed by atoms with Crippen molar-refractivity contribution >= 4 is 12.0 Å². The number of halogens is 1. The van der Waals surface area contributed by atoms with Gasteiger partial charge in [-0.15, -0.1) is 0 Å². The van der Waals surface area contributed by atoms with Gasteiger partial charge in [0.25, 0.3) is 0 Å². The predicted octanol–water partition coefficient (Wildman–Crippen LogP) is 3.36. The third-order valence-electron chi connectivity index (χ3n) is 4.55. The summed E-state index contributed by atoms with van der Waals surface area (Å²) in [5.41, 5.74) is 8.49. The second kappa shape index (κ2) is 7.42. The van der Waals surface area contributed by atoms with Gasteiger partial charge in [-0.05, 0) is 44.4 Å². The molecule has 2 aromatic rings. The summed E-state index contributed by atoms with van der Waals surface area (Å²) in [5.74, 6) is 0.146. The number of nitrogens with two attached hydrogens (primary N) is 1. The number of rotatable bonds is 6. The Balaban J connectivity index is 1.89. The van der Waals surface area contributed by atoms with Crippen molar-refractivity contribution in [3.63, 3.8) is 0 Å². The van der Waals surface area contributed by atoms with Crippen molar-refractivity contribution in [2.45, 2.75) is 38.8 Å². The number of imidazole rings is 1. The average Bonchev–Trinajstić information content (AvgIpc) is 3.03. The normalized spacial score (nSPS) is 15.9. The number of benzene rings is 1. The van der Waals surface area contributed by atoms with Gasteiger partial charge >= 0.3 is 0 Å². The summed E-state index contributed by atoms with van der Waals surface area (Å²) in [4.78, 5) is 20.3. The van der Waals surface area contributed by atoms with E-state index in [9.17, 15) is 9.18 Å². The first-order valence-corrected chi connectivity index (χ1v) is 8.34. The number of carbonyl (C=O) groups excluding carboxylic acids is 1. The van der Waals surface area contributed by atoms with E-state index in [0.717, 1.165) is 24.1 Å². The molecule has 0 aliphatic heterocycles. The molecular formula is C19H21FN4O. The molecule has 25 heavy (non-hydrogen) atoms. The molecule has 3 rings (SSSR count). The summed E-state index contributed by atoms with van der Waals surface area (Å²) >= 11 is 0. The van der Waals surface area contributed by atoms with Crippen LogP contribution in [0.3, 0.4) is 0 Å². The molecule has 6 heteroatoms. The molecule has 1 aliphatic rings. The van der Waals surface area contributed by atoms with Gasteiger partial charge in [0.2, 0.25) is 0 Å². The molecule has 1 fully saturated rings. The van der Waals surface area contributed by atoms with Crippen molar-refractivity contribution < 1.29 is 9.18 Å². The first-order chi connectivity index (χ1) is 12.1. The van der Waals surface area contributed by atoms with Crippen molar-refractivity contribution in [2.24, 2.45) is 10.7 Å². The van der Waals surface area contributed by atoms with E-state index < -0.39 is 5.82 Å². The molecule has 1 aromatic carbocycles. The second-order valence-corrected chi connectivity index (χ2v) is 6.22. The van der Waals surface area contributed by atoms with Gasteiger partial charge in [-0.25, -0.2) is 9.37 Å². The van der Waals surface area contributed by atoms with Gasteiger partial charge in [-0.1, -0.05) is 0 Å². The lowest BCUT2D eigenvalue weighted by Gasteiger charge is -2.22. The zero-order valence-electron chi connectivity index (χ0n) is 14.2. The fraction of sp³-hybridized carbons (Fsp3) is 0.316. The smallest absolute Gasteiger partial charge is 0.150 e. The Morgan fingerprint density at radius 3 is 2.92 bits per heavy atom. The molecule has 0 radical (unpaired) electrons. The van der Waals surface area contributed by atoms with E-state index in [1.54, 1.807) is 18.5 Å². The molecule has 0 bridgehead atoms. The van der Waals surface area contributed by atoms with Gasteiger partial charge in [-0.3, -0.25) is 9.79 Å². The maximum absolute atomic E-state index is 13.4. The molecule has 5 nitrogen and oxygen atoms in total. The predicted molar refractivity (Wildman–Crippen MR) is 96.0 cm³/mol. The van der Waals surface area contributed by atoms with E-state index in [1.807, 2.05) is 17.7 Å². The van der Waals surface area contributed by atoms with Gasteiger partial charge in [0.1, 0.15) is 11.6 Å². The average molecular weight is 340 g/mol. The molecule has 1 saturated carbocycles. The minimum atomic E-state index is -0.449. The highest BCUT2D eigenvalue weighted by Crippen LogP contribution is 2.25. The molecular weight excluding hydrogens is 319 g/mol. The van der Waals surface area contributed by atoms with Crippen LogP contribution in [0.2, 0.25) is 0 Å². The minimum Gasteiger partial charge on any atom is -0.404 e. The van der Waals surface area contributed by atoms with Gasteiger partial charge in [-0.2, -0.15) is 0 Å². The van der Waals surface area contributed by atoms with Crippen LogP contribution in [0.5, 0.6) is 0 Å². The Bertz CT molecular complexity index is 834. The maximum atomic E-state index is 13.4. The summed E-state index contributed by atoms with van der Waals surface area (Å²) in [6, 6.07) is 4.50. The topological polar surface area (TPSA) is 73.3 Å². The van der Waals surface area contributed by atoms with Gasteiger partial charge in [0, 0.05) is 41.0 Å². The van der Waals surface area contributed by atoms with Crippen molar-refractivity contribution in [1.29, 1.82) is 0 Å². The van der Waals surface area contributed by atoms with Crippen LogP contribution in [0.25, 0.3) is 11.4 Å². The molecule has 1 aliphatic carbocycles. The molecule has 0 spiro atoms. The lowest BCUT2D eigenvalue weighted by molar-refractivity contribution is 0.112. The molecule has 0 atom stereocenters. The molecule has 1 heterocycles. The van der Waals surface area contributed by atoms with Gasteiger partial charge < -0.3 is 10.3 Å². The van der Waals surface area contributed by atoms with Gasteiger partial charge in [0.05, 0.1) is 12.6 Å². The highest BCUT2D eigenvalue weighted by molar-refractivity contribution is 5.98. The minimum absolute atomic E-state index is 0.269. The number of hydrogen-bond acceptors (Lipinski definition) is 4. The summed E-state index contributed by atoms with van der Waals surface area (Å²) in [6.07, 6.45) is 9.15. The highest BCUT2D eigenvalue weighted by atomic mass is 19.1. The van der Waals surface area contributed by atoms with Crippen molar-refractivity contribution in [1.82, 2.24) is 9.55 Å². The fourth-order valence-electron chi connectivity index (χ4n) is 2.86. The molecule has 0 amide bonds. The summed E-state index contributed by atoms with van der Waals surface area (Å²) in [6.45, 7) is 2.45. The lowest BCUT2D eigenvalue weighted by atomic mass is 9.93. The van der Waals surface area contributed by atoms with Crippen LogP contribution in [-0.4, -0.2) is 27.6 Å². The highest BCUT2D eigenvalue weighted by Gasteiger charge is 2.18. The number of aliphatic imine (C=N–C) groups is 1. The van der Waals surface area contributed by atoms with Crippen molar-refractivity contribution in [3.8, 4) is 11.4 Å². The summed E-state index contributed by atoms with van der Waals surface area (Å²) in [5, 5.41) is 0. The number of nitrogens with zero attached hydrogens (tertiary/aromatic N) is 3. The fourth-order valence-corrected chi connectivity index (χ4v) is 2.86. The third kappa shape index (κ3) is 3.68. The van der Waals surface area contributed by atoms with Crippen LogP contribution in [0, 0.1) is 5.82 Å². The van der Waals surface area contributed by atoms with Crippen LogP contribution in [0.1, 0.15) is 36.5 Å². The van der Waals surface area contributed by atoms with E-state index >= 15 is 0 Å².